The van der Waals surface area contributed by atoms with Crippen LogP contribution in [0.2, 0.25) is 0 Å². The minimum Gasteiger partial charge on any atom is -0.493 e. The summed E-state index contributed by atoms with van der Waals surface area (Å²) in [5, 5.41) is 0.740. The number of hydrogen-bond donors (Lipinski definition) is 0. The van der Waals surface area contributed by atoms with Gasteiger partial charge >= 0.3 is 5.97 Å². The molecule has 0 N–H and O–H groups in total. The van der Waals surface area contributed by atoms with Crippen LogP contribution in [0.25, 0.3) is 10.6 Å². The molecule has 106 valence electrons. The summed E-state index contributed by atoms with van der Waals surface area (Å²) < 4.78 is 15.2. The number of carbonyl (C=O) groups is 1. The van der Waals surface area contributed by atoms with Gasteiger partial charge in [0.15, 0.2) is 17.2 Å². The summed E-state index contributed by atoms with van der Waals surface area (Å²) in [4.78, 5) is 16.7. The van der Waals surface area contributed by atoms with E-state index in [2.05, 4.69) is 4.98 Å². The van der Waals surface area contributed by atoms with Gasteiger partial charge in [-0.1, -0.05) is 0 Å². The van der Waals surface area contributed by atoms with Crippen LogP contribution in [-0.4, -0.2) is 32.3 Å². The number of methoxy groups -OCH3 is 3. The van der Waals surface area contributed by atoms with Crippen molar-refractivity contribution in [1.82, 2.24) is 4.98 Å². The van der Waals surface area contributed by atoms with E-state index in [0.29, 0.717) is 17.2 Å². The first-order valence-electron chi connectivity index (χ1n) is 5.88. The van der Waals surface area contributed by atoms with Crippen molar-refractivity contribution < 1.29 is 19.0 Å². The Kier molecular flexibility index (Phi) is 4.24. The maximum absolute atomic E-state index is 11.6. The van der Waals surface area contributed by atoms with Gasteiger partial charge in [0.1, 0.15) is 5.01 Å². The molecule has 6 heteroatoms. The van der Waals surface area contributed by atoms with Crippen LogP contribution in [0.15, 0.2) is 18.2 Å². The third kappa shape index (κ3) is 2.60. The molecule has 2 aromatic rings. The van der Waals surface area contributed by atoms with E-state index in [9.17, 15) is 4.79 Å². The van der Waals surface area contributed by atoms with Crippen molar-refractivity contribution in [2.24, 2.45) is 0 Å². The number of thiazole rings is 1. The molecule has 0 saturated carbocycles. The topological polar surface area (TPSA) is 57.7 Å². The van der Waals surface area contributed by atoms with Crippen molar-refractivity contribution >= 4 is 17.3 Å². The van der Waals surface area contributed by atoms with E-state index in [-0.39, 0.29) is 0 Å². The molecule has 5 nitrogen and oxygen atoms in total. The van der Waals surface area contributed by atoms with Gasteiger partial charge in [0, 0.05) is 10.4 Å². The van der Waals surface area contributed by atoms with E-state index >= 15 is 0 Å². The summed E-state index contributed by atoms with van der Waals surface area (Å²) in [6.07, 6.45) is 0. The van der Waals surface area contributed by atoms with Crippen molar-refractivity contribution in [3.05, 3.63) is 28.8 Å². The summed E-state index contributed by atoms with van der Waals surface area (Å²) >= 11 is 1.44. The van der Waals surface area contributed by atoms with Crippen LogP contribution in [0.4, 0.5) is 0 Å². The number of rotatable bonds is 4. The number of esters is 1. The van der Waals surface area contributed by atoms with Gasteiger partial charge in [-0.25, -0.2) is 9.78 Å². The molecule has 0 atom stereocenters. The highest BCUT2D eigenvalue weighted by Gasteiger charge is 2.17. The fourth-order valence-corrected chi connectivity index (χ4v) is 2.67. The molecule has 0 aliphatic rings. The molecule has 0 saturated heterocycles. The second-order valence-electron chi connectivity index (χ2n) is 3.99. The Morgan fingerprint density at radius 3 is 2.45 bits per heavy atom. The second kappa shape index (κ2) is 5.92. The van der Waals surface area contributed by atoms with Crippen LogP contribution in [0.3, 0.4) is 0 Å². The van der Waals surface area contributed by atoms with Gasteiger partial charge in [0.2, 0.25) is 0 Å². The quantitative estimate of drug-likeness (QED) is 0.811. The smallest absolute Gasteiger partial charge is 0.357 e. The molecule has 0 fully saturated rings. The zero-order valence-electron chi connectivity index (χ0n) is 11.7. The Balaban J connectivity index is 2.44. The average Bonchev–Trinajstić information content (AvgIpc) is 2.87. The van der Waals surface area contributed by atoms with Crippen molar-refractivity contribution in [1.29, 1.82) is 0 Å². The maximum atomic E-state index is 11.6. The van der Waals surface area contributed by atoms with Gasteiger partial charge in [-0.2, -0.15) is 0 Å². The van der Waals surface area contributed by atoms with Crippen molar-refractivity contribution in [3.63, 3.8) is 0 Å². The molecule has 1 aromatic carbocycles. The number of aromatic nitrogens is 1. The van der Waals surface area contributed by atoms with Crippen molar-refractivity contribution in [3.8, 4) is 22.1 Å². The van der Waals surface area contributed by atoms with Crippen LogP contribution < -0.4 is 9.47 Å². The largest absolute Gasteiger partial charge is 0.493 e. The fourth-order valence-electron chi connectivity index (χ4n) is 1.78. The molecule has 20 heavy (non-hydrogen) atoms. The predicted molar refractivity (Wildman–Crippen MR) is 76.7 cm³/mol. The number of hydrogen-bond acceptors (Lipinski definition) is 6. The number of carbonyl (C=O) groups excluding carboxylic acids is 1. The first kappa shape index (κ1) is 14.3. The first-order chi connectivity index (χ1) is 9.60. The van der Waals surface area contributed by atoms with Gasteiger partial charge in [-0.3, -0.25) is 0 Å². The summed E-state index contributed by atoms with van der Waals surface area (Å²) in [7, 11) is 4.51. The van der Waals surface area contributed by atoms with Crippen LogP contribution in [0.5, 0.6) is 11.5 Å². The first-order valence-corrected chi connectivity index (χ1v) is 6.70. The molecule has 2 rings (SSSR count). The predicted octanol–water partition coefficient (Wildman–Crippen LogP) is 2.92. The lowest BCUT2D eigenvalue weighted by atomic mass is 10.2. The monoisotopic (exact) mass is 293 g/mol. The minimum absolute atomic E-state index is 0.349. The lowest BCUT2D eigenvalue weighted by Gasteiger charge is -2.08. The Bertz CT molecular complexity index is 636. The lowest BCUT2D eigenvalue weighted by molar-refractivity contribution is 0.0594. The summed E-state index contributed by atoms with van der Waals surface area (Å²) in [6.45, 7) is 1.84. The SMILES string of the molecule is COC(=O)c1nc(-c2ccc(OC)c(OC)c2)sc1C. The number of ether oxygens (including phenoxy) is 3. The van der Waals surface area contributed by atoms with Crippen molar-refractivity contribution in [2.45, 2.75) is 6.92 Å². The standard InChI is InChI=1S/C14H15NO4S/c1-8-12(14(16)19-4)15-13(20-8)9-5-6-10(17-2)11(7-9)18-3/h5-7H,1-4H3. The van der Waals surface area contributed by atoms with E-state index in [1.807, 2.05) is 25.1 Å². The van der Waals surface area contributed by atoms with Gasteiger partial charge in [0.05, 0.1) is 21.3 Å². The highest BCUT2D eigenvalue weighted by atomic mass is 32.1. The Hall–Kier alpha value is -2.08. The van der Waals surface area contributed by atoms with E-state index in [4.69, 9.17) is 14.2 Å². The third-order valence-electron chi connectivity index (χ3n) is 2.81. The average molecular weight is 293 g/mol. The molecule has 0 radical (unpaired) electrons. The second-order valence-corrected chi connectivity index (χ2v) is 5.19. The maximum Gasteiger partial charge on any atom is 0.357 e. The lowest BCUT2D eigenvalue weighted by Crippen LogP contribution is -2.03. The fraction of sp³-hybridized carbons (Fsp3) is 0.286. The molecule has 1 aromatic heterocycles. The van der Waals surface area contributed by atoms with Gasteiger partial charge in [0.25, 0.3) is 0 Å². The Morgan fingerprint density at radius 2 is 1.85 bits per heavy atom. The van der Waals surface area contributed by atoms with Gasteiger partial charge in [-0.15, -0.1) is 11.3 Å². The number of aryl methyl sites for hydroxylation is 1. The molecular weight excluding hydrogens is 278 g/mol. The highest BCUT2D eigenvalue weighted by Crippen LogP contribution is 2.34. The number of benzene rings is 1. The molecule has 0 amide bonds. The van der Waals surface area contributed by atoms with Crippen molar-refractivity contribution in [2.75, 3.05) is 21.3 Å². The normalized spacial score (nSPS) is 10.2. The van der Waals surface area contributed by atoms with Crippen LogP contribution in [-0.2, 0) is 4.74 Å². The van der Waals surface area contributed by atoms with E-state index in [1.54, 1.807) is 14.2 Å². The van der Waals surface area contributed by atoms with Crippen LogP contribution in [0, 0.1) is 6.92 Å². The number of nitrogens with zero attached hydrogens (tertiary/aromatic N) is 1. The van der Waals surface area contributed by atoms with E-state index in [1.165, 1.54) is 18.4 Å². The van der Waals surface area contributed by atoms with Crippen LogP contribution >= 0.6 is 11.3 Å². The molecule has 1 heterocycles. The summed E-state index contributed by atoms with van der Waals surface area (Å²) in [6, 6.07) is 5.52. The summed E-state index contributed by atoms with van der Waals surface area (Å²) in [5.41, 5.74) is 1.22. The van der Waals surface area contributed by atoms with Gasteiger partial charge in [-0.05, 0) is 25.1 Å². The minimum atomic E-state index is -0.425. The van der Waals surface area contributed by atoms with E-state index in [0.717, 1.165) is 15.4 Å². The molecule has 0 unspecified atom stereocenters. The zero-order chi connectivity index (χ0) is 14.7. The Labute approximate surface area is 121 Å². The molecular formula is C14H15NO4S. The zero-order valence-corrected chi connectivity index (χ0v) is 12.5. The summed E-state index contributed by atoms with van der Waals surface area (Å²) in [5.74, 6) is 0.848. The molecule has 0 bridgehead atoms. The molecule has 0 aliphatic heterocycles. The highest BCUT2D eigenvalue weighted by molar-refractivity contribution is 7.15. The van der Waals surface area contributed by atoms with Gasteiger partial charge < -0.3 is 14.2 Å². The van der Waals surface area contributed by atoms with E-state index < -0.39 is 5.97 Å². The molecule has 0 aliphatic carbocycles. The third-order valence-corrected chi connectivity index (χ3v) is 3.83. The molecule has 0 spiro atoms. The Morgan fingerprint density at radius 1 is 1.15 bits per heavy atom. The van der Waals surface area contributed by atoms with Crippen LogP contribution in [0.1, 0.15) is 15.4 Å².